The maximum Gasteiger partial charge on any atom is 0.342 e. The molecule has 0 aliphatic rings. The summed E-state index contributed by atoms with van der Waals surface area (Å²) in [6.45, 7) is 3.14. The van der Waals surface area contributed by atoms with Gasteiger partial charge in [-0.05, 0) is 26.0 Å². The van der Waals surface area contributed by atoms with Crippen molar-refractivity contribution in [3.05, 3.63) is 29.3 Å². The molecule has 108 valence electrons. The first-order chi connectivity index (χ1) is 9.35. The van der Waals surface area contributed by atoms with Gasteiger partial charge in [-0.25, -0.2) is 9.59 Å². The lowest BCUT2D eigenvalue weighted by molar-refractivity contribution is -0.127. The fourth-order valence-corrected chi connectivity index (χ4v) is 1.48. The van der Waals surface area contributed by atoms with E-state index in [4.69, 9.17) is 15.2 Å². The third kappa shape index (κ3) is 3.98. The summed E-state index contributed by atoms with van der Waals surface area (Å²) in [5.41, 5.74) is 5.85. The van der Waals surface area contributed by atoms with Gasteiger partial charge in [0.1, 0.15) is 11.3 Å². The molecule has 0 aromatic heterocycles. The summed E-state index contributed by atoms with van der Waals surface area (Å²) >= 11 is 0. The molecule has 1 rings (SSSR count). The molecule has 1 atom stereocenters. The van der Waals surface area contributed by atoms with Crippen LogP contribution in [0.25, 0.3) is 0 Å². The molecule has 0 heterocycles. The number of nitrogens with one attached hydrogen (secondary N) is 1. The number of hydrogen-bond donors (Lipinski definition) is 2. The molecular formula is C13H16N2O5. The van der Waals surface area contributed by atoms with Gasteiger partial charge in [-0.2, -0.15) is 0 Å². The Kier molecular flexibility index (Phi) is 5.08. The molecule has 0 bridgehead atoms. The molecule has 0 saturated heterocycles. The van der Waals surface area contributed by atoms with E-state index in [9.17, 15) is 14.4 Å². The molecule has 0 spiro atoms. The first kappa shape index (κ1) is 15.5. The van der Waals surface area contributed by atoms with E-state index in [0.29, 0.717) is 5.75 Å². The zero-order chi connectivity index (χ0) is 15.3. The molecular weight excluding hydrogens is 264 g/mol. The number of benzene rings is 1. The third-order valence-electron chi connectivity index (χ3n) is 2.47. The van der Waals surface area contributed by atoms with Gasteiger partial charge in [0.2, 0.25) is 0 Å². The van der Waals surface area contributed by atoms with Crippen molar-refractivity contribution in [2.75, 3.05) is 7.11 Å². The summed E-state index contributed by atoms with van der Waals surface area (Å²) in [4.78, 5) is 33.9. The van der Waals surface area contributed by atoms with E-state index in [1.807, 2.05) is 5.32 Å². The Balaban J connectivity index is 2.83. The van der Waals surface area contributed by atoms with Gasteiger partial charge in [0.25, 0.3) is 5.91 Å². The third-order valence-corrected chi connectivity index (χ3v) is 2.47. The van der Waals surface area contributed by atoms with E-state index in [1.165, 1.54) is 14.0 Å². The minimum Gasteiger partial charge on any atom is -0.496 e. The minimum atomic E-state index is -1.15. The molecule has 3 amide bonds. The van der Waals surface area contributed by atoms with E-state index in [0.717, 1.165) is 5.56 Å². The predicted octanol–water partition coefficient (Wildman–Crippen LogP) is 0.744. The van der Waals surface area contributed by atoms with Crippen LogP contribution in [-0.4, -0.2) is 31.1 Å². The number of carbonyl (C=O) groups is 3. The number of rotatable bonds is 4. The Morgan fingerprint density at radius 3 is 2.50 bits per heavy atom. The number of esters is 1. The number of carbonyl (C=O) groups excluding carboxylic acids is 3. The van der Waals surface area contributed by atoms with E-state index in [-0.39, 0.29) is 5.56 Å². The molecule has 0 radical (unpaired) electrons. The van der Waals surface area contributed by atoms with E-state index < -0.39 is 24.0 Å². The molecule has 0 aliphatic carbocycles. The number of imide groups is 1. The Morgan fingerprint density at radius 1 is 1.30 bits per heavy atom. The van der Waals surface area contributed by atoms with Crippen LogP contribution in [0.15, 0.2) is 18.2 Å². The average molecular weight is 280 g/mol. The molecule has 1 aromatic carbocycles. The highest BCUT2D eigenvalue weighted by Crippen LogP contribution is 2.21. The molecule has 0 fully saturated rings. The summed E-state index contributed by atoms with van der Waals surface area (Å²) < 4.78 is 10.0. The number of ether oxygens (including phenoxy) is 2. The first-order valence-corrected chi connectivity index (χ1v) is 5.81. The highest BCUT2D eigenvalue weighted by Gasteiger charge is 2.22. The average Bonchev–Trinajstić information content (AvgIpc) is 2.37. The van der Waals surface area contributed by atoms with Crippen LogP contribution in [-0.2, 0) is 9.53 Å². The number of nitrogens with two attached hydrogens (primary N) is 1. The normalized spacial score (nSPS) is 11.3. The van der Waals surface area contributed by atoms with Crippen molar-refractivity contribution in [2.45, 2.75) is 20.0 Å². The Labute approximate surface area is 116 Å². The van der Waals surface area contributed by atoms with Gasteiger partial charge in [0, 0.05) is 0 Å². The van der Waals surface area contributed by atoms with Crippen molar-refractivity contribution >= 4 is 17.9 Å². The Bertz CT molecular complexity index is 542. The molecule has 7 nitrogen and oxygen atoms in total. The summed E-state index contributed by atoms with van der Waals surface area (Å²) in [6, 6.07) is 3.98. The number of primary amides is 1. The SMILES string of the molecule is COc1ccc(C)cc1C(=O)O[C@@H](C)C(=O)NC(N)=O. The van der Waals surface area contributed by atoms with Crippen molar-refractivity contribution in [3.63, 3.8) is 0 Å². The number of hydrogen-bond acceptors (Lipinski definition) is 5. The minimum absolute atomic E-state index is 0.200. The lowest BCUT2D eigenvalue weighted by Crippen LogP contribution is -2.42. The van der Waals surface area contributed by atoms with Gasteiger partial charge in [-0.15, -0.1) is 0 Å². The lowest BCUT2D eigenvalue weighted by atomic mass is 10.1. The van der Waals surface area contributed by atoms with Gasteiger partial charge >= 0.3 is 12.0 Å². The highest BCUT2D eigenvalue weighted by molar-refractivity contribution is 5.98. The van der Waals surface area contributed by atoms with Gasteiger partial charge in [-0.1, -0.05) is 11.6 Å². The zero-order valence-corrected chi connectivity index (χ0v) is 11.4. The van der Waals surface area contributed by atoms with Crippen molar-refractivity contribution in [1.29, 1.82) is 0 Å². The van der Waals surface area contributed by atoms with E-state index in [1.54, 1.807) is 25.1 Å². The Morgan fingerprint density at radius 2 is 1.95 bits per heavy atom. The van der Waals surface area contributed by atoms with Crippen LogP contribution >= 0.6 is 0 Å². The second-order valence-corrected chi connectivity index (χ2v) is 4.10. The van der Waals surface area contributed by atoms with Crippen molar-refractivity contribution < 1.29 is 23.9 Å². The maximum atomic E-state index is 12.0. The second-order valence-electron chi connectivity index (χ2n) is 4.10. The largest absolute Gasteiger partial charge is 0.496 e. The van der Waals surface area contributed by atoms with Crippen LogP contribution in [0.1, 0.15) is 22.8 Å². The smallest absolute Gasteiger partial charge is 0.342 e. The van der Waals surface area contributed by atoms with E-state index >= 15 is 0 Å². The van der Waals surface area contributed by atoms with Crippen molar-refractivity contribution in [3.8, 4) is 5.75 Å². The number of aryl methyl sites for hydroxylation is 1. The van der Waals surface area contributed by atoms with Crippen LogP contribution in [0.4, 0.5) is 4.79 Å². The van der Waals surface area contributed by atoms with Crippen LogP contribution in [0.3, 0.4) is 0 Å². The maximum absolute atomic E-state index is 12.0. The van der Waals surface area contributed by atoms with Gasteiger partial charge in [0.15, 0.2) is 6.10 Å². The fourth-order valence-electron chi connectivity index (χ4n) is 1.48. The van der Waals surface area contributed by atoms with Crippen LogP contribution in [0, 0.1) is 6.92 Å². The van der Waals surface area contributed by atoms with Gasteiger partial charge in [0.05, 0.1) is 7.11 Å². The first-order valence-electron chi connectivity index (χ1n) is 5.81. The summed E-state index contributed by atoms with van der Waals surface area (Å²) in [5.74, 6) is -1.18. The van der Waals surface area contributed by atoms with Crippen molar-refractivity contribution in [1.82, 2.24) is 5.32 Å². The van der Waals surface area contributed by atoms with Crippen LogP contribution in [0.2, 0.25) is 0 Å². The molecule has 0 saturated carbocycles. The summed E-state index contributed by atoms with van der Waals surface area (Å²) in [5, 5.41) is 1.83. The van der Waals surface area contributed by atoms with Gasteiger partial charge in [-0.3, -0.25) is 10.1 Å². The lowest BCUT2D eigenvalue weighted by Gasteiger charge is -2.14. The van der Waals surface area contributed by atoms with E-state index in [2.05, 4.69) is 0 Å². The molecule has 7 heteroatoms. The van der Waals surface area contributed by atoms with Gasteiger partial charge < -0.3 is 15.2 Å². The number of methoxy groups -OCH3 is 1. The quantitative estimate of drug-likeness (QED) is 0.791. The molecule has 1 aromatic rings. The number of amides is 3. The molecule has 20 heavy (non-hydrogen) atoms. The number of urea groups is 1. The Hall–Kier alpha value is -2.57. The van der Waals surface area contributed by atoms with Crippen LogP contribution in [0.5, 0.6) is 5.75 Å². The highest BCUT2D eigenvalue weighted by atomic mass is 16.5. The molecule has 3 N–H and O–H groups in total. The second kappa shape index (κ2) is 6.55. The standard InChI is InChI=1S/C13H16N2O5/c1-7-4-5-10(19-3)9(6-7)12(17)20-8(2)11(16)15-13(14)18/h4-6,8H,1-3H3,(H3,14,15,16,18)/t8-/m0/s1. The topological polar surface area (TPSA) is 108 Å². The summed E-state index contributed by atoms with van der Waals surface area (Å²) in [6.07, 6.45) is -1.15. The monoisotopic (exact) mass is 280 g/mol. The van der Waals surface area contributed by atoms with Crippen LogP contribution < -0.4 is 15.8 Å². The fraction of sp³-hybridized carbons (Fsp3) is 0.308. The van der Waals surface area contributed by atoms with Crippen molar-refractivity contribution in [2.24, 2.45) is 5.73 Å². The molecule has 0 unspecified atom stereocenters. The molecule has 0 aliphatic heterocycles. The predicted molar refractivity (Wildman–Crippen MR) is 70.3 cm³/mol. The zero-order valence-electron chi connectivity index (χ0n) is 11.4. The summed E-state index contributed by atoms with van der Waals surface area (Å²) in [7, 11) is 1.42.